The van der Waals surface area contributed by atoms with Crippen molar-refractivity contribution in [3.63, 3.8) is 0 Å². The first-order chi connectivity index (χ1) is 18.6. The van der Waals surface area contributed by atoms with Gasteiger partial charge in [0.25, 0.3) is 11.8 Å². The van der Waals surface area contributed by atoms with Crippen LogP contribution in [0.4, 0.5) is 9.59 Å². The number of hydrogen-bond donors (Lipinski definition) is 2. The summed E-state index contributed by atoms with van der Waals surface area (Å²) in [5.74, 6) is -1.80. The molecular weight excluding hydrogens is 564 g/mol. The summed E-state index contributed by atoms with van der Waals surface area (Å²) >= 11 is 3.52. The van der Waals surface area contributed by atoms with Crippen LogP contribution >= 0.6 is 15.9 Å². The monoisotopic (exact) mass is 588 g/mol. The van der Waals surface area contributed by atoms with Gasteiger partial charge in [-0.25, -0.2) is 9.59 Å². The Morgan fingerprint density at radius 1 is 0.846 bits per heavy atom. The number of hydrogen-bond acceptors (Lipinski definition) is 4. The fourth-order valence-electron chi connectivity index (χ4n) is 7.29. The quantitative estimate of drug-likeness (QED) is 0.330. The Bertz CT molecular complexity index is 1790. The zero-order valence-electron chi connectivity index (χ0n) is 21.7. The van der Waals surface area contributed by atoms with Gasteiger partial charge in [-0.3, -0.25) is 19.4 Å². The number of carbonyl (C=O) groups is 4. The average molecular weight is 589 g/mol. The van der Waals surface area contributed by atoms with E-state index in [2.05, 4.69) is 25.9 Å². The Balaban J connectivity index is 1.68. The fraction of sp³-hybridized carbons (Fsp3) is 0.286. The van der Waals surface area contributed by atoms with E-state index in [4.69, 9.17) is 0 Å². The van der Waals surface area contributed by atoms with Crippen molar-refractivity contribution < 1.29 is 19.2 Å². The van der Waals surface area contributed by atoms with Gasteiger partial charge in [0, 0.05) is 67.1 Å². The van der Waals surface area contributed by atoms with E-state index in [1.165, 1.54) is 23.9 Å². The second-order valence-corrected chi connectivity index (χ2v) is 11.6. The number of nitrogens with zero attached hydrogens (tertiary/aromatic N) is 4. The highest BCUT2D eigenvalue weighted by Gasteiger charge is 2.75. The van der Waals surface area contributed by atoms with Crippen LogP contribution in [0.3, 0.4) is 0 Å². The van der Waals surface area contributed by atoms with Gasteiger partial charge in [-0.15, -0.1) is 0 Å². The first kappa shape index (κ1) is 24.0. The first-order valence-electron chi connectivity index (χ1n) is 12.5. The molecule has 2 N–H and O–H groups in total. The van der Waals surface area contributed by atoms with Gasteiger partial charge in [-0.1, -0.05) is 40.2 Å². The normalized spacial score (nSPS) is 26.9. The average Bonchev–Trinajstić information content (AvgIpc) is 3.60. The van der Waals surface area contributed by atoms with Gasteiger partial charge in [-0.05, 0) is 29.3 Å². The van der Waals surface area contributed by atoms with E-state index >= 15 is 0 Å². The molecule has 2 aromatic heterocycles. The number of aromatic nitrogens is 2. The maximum absolute atomic E-state index is 14.6. The highest BCUT2D eigenvalue weighted by molar-refractivity contribution is 9.10. The number of carbonyl (C=O) groups excluding carboxylic acids is 4. The second-order valence-electron chi connectivity index (χ2n) is 10.7. The van der Waals surface area contributed by atoms with Crippen LogP contribution in [0.15, 0.2) is 53.1 Å². The predicted molar refractivity (Wildman–Crippen MR) is 147 cm³/mol. The van der Waals surface area contributed by atoms with Crippen molar-refractivity contribution in [2.75, 3.05) is 28.2 Å². The number of para-hydroxylation sites is 1. The molecule has 2 spiro atoms. The summed E-state index contributed by atoms with van der Waals surface area (Å²) in [6, 6.07) is 12.4. The van der Waals surface area contributed by atoms with Crippen molar-refractivity contribution in [2.24, 2.45) is 0 Å². The molecule has 39 heavy (non-hydrogen) atoms. The Hall–Kier alpha value is -4.12. The molecule has 3 aliphatic rings. The van der Waals surface area contributed by atoms with Gasteiger partial charge >= 0.3 is 12.1 Å². The minimum absolute atomic E-state index is 0.173. The number of nitrogens with one attached hydrogen (secondary N) is 2. The van der Waals surface area contributed by atoms with Crippen LogP contribution in [0.2, 0.25) is 0 Å². The second kappa shape index (κ2) is 7.50. The van der Waals surface area contributed by atoms with Crippen molar-refractivity contribution in [1.29, 1.82) is 0 Å². The van der Waals surface area contributed by atoms with E-state index in [-0.39, 0.29) is 6.42 Å². The smallest absolute Gasteiger partial charge is 0.327 e. The fourth-order valence-corrected chi connectivity index (χ4v) is 7.65. The number of urea groups is 2. The summed E-state index contributed by atoms with van der Waals surface area (Å²) in [7, 11) is 6.14. The van der Waals surface area contributed by atoms with Crippen molar-refractivity contribution in [3.8, 4) is 0 Å². The number of fused-ring (bicyclic) bond motifs is 5. The molecule has 4 heterocycles. The number of rotatable bonds is 1. The lowest BCUT2D eigenvalue weighted by Gasteiger charge is -2.52. The van der Waals surface area contributed by atoms with Crippen molar-refractivity contribution in [3.05, 3.63) is 70.0 Å². The van der Waals surface area contributed by atoms with Gasteiger partial charge in [0.2, 0.25) is 0 Å². The largest absolute Gasteiger partial charge is 0.361 e. The molecule has 0 saturated carbocycles. The van der Waals surface area contributed by atoms with Gasteiger partial charge < -0.3 is 19.8 Å². The van der Waals surface area contributed by atoms with E-state index in [1.807, 2.05) is 42.5 Å². The molecule has 2 aliphatic heterocycles. The Morgan fingerprint density at radius 3 is 2.21 bits per heavy atom. The number of aromatic amines is 2. The molecule has 0 unspecified atom stereocenters. The van der Waals surface area contributed by atoms with Gasteiger partial charge in [0.1, 0.15) is 5.54 Å². The number of likely N-dealkylation sites (N-methyl/N-ethyl adjacent to an activating group) is 4. The van der Waals surface area contributed by atoms with Crippen LogP contribution in [0.5, 0.6) is 0 Å². The SMILES string of the molecule is CN1C(=O)N(C)[C@@]2(C1=O)c1[nH]c3ccccc3c1C[C@@]1(C(=O)N(C)C(=O)N1C)[C@@H]2c1c[nH]c2cc(Br)ccc12. The van der Waals surface area contributed by atoms with Crippen LogP contribution in [-0.4, -0.2) is 87.2 Å². The van der Waals surface area contributed by atoms with Crippen molar-refractivity contribution in [2.45, 2.75) is 23.4 Å². The van der Waals surface area contributed by atoms with E-state index < -0.39 is 40.9 Å². The van der Waals surface area contributed by atoms with Crippen molar-refractivity contribution in [1.82, 2.24) is 29.6 Å². The summed E-state index contributed by atoms with van der Waals surface area (Å²) < 4.78 is 0.863. The molecule has 2 aromatic carbocycles. The molecular formula is C28H25BrN6O4. The van der Waals surface area contributed by atoms with Gasteiger partial charge in [0.15, 0.2) is 5.54 Å². The molecule has 4 aromatic rings. The maximum atomic E-state index is 14.6. The van der Waals surface area contributed by atoms with Crippen LogP contribution in [0, 0.1) is 0 Å². The highest BCUT2D eigenvalue weighted by Crippen LogP contribution is 2.61. The summed E-state index contributed by atoms with van der Waals surface area (Å²) in [4.78, 5) is 67.9. The molecule has 3 atom stereocenters. The number of amides is 6. The lowest BCUT2D eigenvalue weighted by Crippen LogP contribution is -2.67. The van der Waals surface area contributed by atoms with E-state index in [9.17, 15) is 19.2 Å². The number of halogens is 1. The maximum Gasteiger partial charge on any atom is 0.327 e. The zero-order chi connectivity index (χ0) is 27.6. The van der Waals surface area contributed by atoms with Crippen LogP contribution in [0.1, 0.15) is 22.7 Å². The number of imide groups is 2. The lowest BCUT2D eigenvalue weighted by molar-refractivity contribution is -0.142. The Kier molecular flexibility index (Phi) is 4.61. The molecule has 198 valence electrons. The van der Waals surface area contributed by atoms with E-state index in [0.717, 1.165) is 41.6 Å². The van der Waals surface area contributed by atoms with Gasteiger partial charge in [0.05, 0.1) is 11.6 Å². The summed E-state index contributed by atoms with van der Waals surface area (Å²) in [5.41, 5.74) is 0.463. The molecule has 2 saturated heterocycles. The standard InChI is InChI=1S/C28H25BrN6O4/c1-32-23(36)27(34(3)25(32)38)12-17-15-7-5-6-8-19(15)31-22(17)28(24(37)33(2)26(39)35(28)4)21(27)18-13-30-20-11-14(29)9-10-16(18)20/h5-11,13,21,30-31H,12H2,1-4H3/t21-,27-,28+/m0/s1. The zero-order valence-corrected chi connectivity index (χ0v) is 23.3. The molecule has 2 fully saturated rings. The van der Waals surface area contributed by atoms with Crippen molar-refractivity contribution >= 4 is 61.6 Å². The molecule has 0 radical (unpaired) electrons. The van der Waals surface area contributed by atoms with E-state index in [1.54, 1.807) is 20.3 Å². The molecule has 11 heteroatoms. The van der Waals surface area contributed by atoms with Crippen LogP contribution in [0.25, 0.3) is 21.8 Å². The minimum Gasteiger partial charge on any atom is -0.361 e. The summed E-state index contributed by atoms with van der Waals surface area (Å²) in [5, 5.41) is 1.65. The molecule has 6 amide bonds. The third-order valence-corrected chi connectivity index (χ3v) is 9.60. The molecule has 7 rings (SSSR count). The third-order valence-electron chi connectivity index (χ3n) is 9.10. The Morgan fingerprint density at radius 2 is 1.54 bits per heavy atom. The van der Waals surface area contributed by atoms with E-state index in [0.29, 0.717) is 11.3 Å². The first-order valence-corrected chi connectivity index (χ1v) is 13.3. The van der Waals surface area contributed by atoms with Crippen LogP contribution in [-0.2, 0) is 21.5 Å². The predicted octanol–water partition coefficient (Wildman–Crippen LogP) is 3.73. The summed E-state index contributed by atoms with van der Waals surface area (Å²) in [6.45, 7) is 0. The highest BCUT2D eigenvalue weighted by atomic mass is 79.9. The molecule has 10 nitrogen and oxygen atoms in total. The molecule has 0 bridgehead atoms. The summed E-state index contributed by atoms with van der Waals surface area (Å²) in [6.07, 6.45) is 1.97. The Labute approximate surface area is 231 Å². The third kappa shape index (κ3) is 2.56. The molecule has 1 aliphatic carbocycles. The number of H-pyrrole nitrogens is 2. The minimum atomic E-state index is -1.63. The number of benzene rings is 2. The van der Waals surface area contributed by atoms with Gasteiger partial charge in [-0.2, -0.15) is 0 Å². The topological polar surface area (TPSA) is 113 Å². The lowest BCUT2D eigenvalue weighted by atomic mass is 9.58. The van der Waals surface area contributed by atoms with Crippen LogP contribution < -0.4 is 0 Å².